The Hall–Kier alpha value is -1.73. The van der Waals surface area contributed by atoms with Crippen LogP contribution in [0.15, 0.2) is 12.3 Å². The van der Waals surface area contributed by atoms with Crippen LogP contribution < -0.4 is 11.1 Å². The van der Waals surface area contributed by atoms with Crippen LogP contribution >= 0.6 is 0 Å². The molecule has 18 heavy (non-hydrogen) atoms. The van der Waals surface area contributed by atoms with Crippen molar-refractivity contribution in [1.29, 1.82) is 0 Å². The fourth-order valence-electron chi connectivity index (χ4n) is 1.35. The minimum Gasteiger partial charge on any atom is -0.397 e. The largest absolute Gasteiger partial charge is 0.397 e. The molecule has 0 fully saturated rings. The first kappa shape index (κ1) is 14.3. The Balaban J connectivity index is 2.71. The van der Waals surface area contributed by atoms with E-state index in [0.717, 1.165) is 0 Å². The van der Waals surface area contributed by atoms with Gasteiger partial charge in [0.1, 0.15) is 5.69 Å². The minimum absolute atomic E-state index is 0.0556. The number of carbonyl (C=O) groups excluding carboxylic acids is 1. The summed E-state index contributed by atoms with van der Waals surface area (Å²) in [5.41, 5.74) is 5.80. The summed E-state index contributed by atoms with van der Waals surface area (Å²) in [6.45, 7) is 0.716. The molecule has 0 radical (unpaired) electrons. The van der Waals surface area contributed by atoms with E-state index in [-0.39, 0.29) is 5.69 Å². The van der Waals surface area contributed by atoms with Crippen molar-refractivity contribution < 1.29 is 22.4 Å². The molecular formula is C10H13F4N3O. The number of amides is 1. The number of nitrogen functional groups attached to an aromatic ring is 1. The second kappa shape index (κ2) is 5.28. The lowest BCUT2D eigenvalue weighted by Crippen LogP contribution is -2.41. The van der Waals surface area contributed by atoms with Gasteiger partial charge in [-0.1, -0.05) is 0 Å². The first-order valence-electron chi connectivity index (χ1n) is 5.17. The first-order valence-corrected chi connectivity index (χ1v) is 5.17. The van der Waals surface area contributed by atoms with Gasteiger partial charge in [-0.2, -0.15) is 8.78 Å². The zero-order valence-electron chi connectivity index (χ0n) is 9.59. The van der Waals surface area contributed by atoms with Gasteiger partial charge in [-0.25, -0.2) is 8.78 Å². The smallest absolute Gasteiger partial charge is 0.324 e. The molecule has 0 saturated heterocycles. The molecule has 8 heteroatoms. The van der Waals surface area contributed by atoms with Crippen LogP contribution in [0.1, 0.15) is 17.4 Å². The summed E-state index contributed by atoms with van der Waals surface area (Å²) in [4.78, 5) is 11.5. The lowest BCUT2D eigenvalue weighted by atomic mass is 10.3. The lowest BCUT2D eigenvalue weighted by molar-refractivity contribution is -0.123. The van der Waals surface area contributed by atoms with Gasteiger partial charge in [-0.15, -0.1) is 0 Å². The monoisotopic (exact) mass is 267 g/mol. The van der Waals surface area contributed by atoms with Crippen molar-refractivity contribution in [2.45, 2.75) is 25.8 Å². The average molecular weight is 267 g/mol. The number of nitrogens with two attached hydrogens (primary N) is 1. The normalized spacial score (nSPS) is 11.9. The molecule has 3 N–H and O–H groups in total. The molecule has 0 aliphatic rings. The molecule has 1 amide bonds. The predicted molar refractivity (Wildman–Crippen MR) is 57.8 cm³/mol. The second-order valence-electron chi connectivity index (χ2n) is 3.69. The SMILES string of the molecule is CCn1cc(N)cc1C(=O)NCC(F)(F)C(F)F. The van der Waals surface area contributed by atoms with E-state index >= 15 is 0 Å². The van der Waals surface area contributed by atoms with Gasteiger partial charge in [-0.05, 0) is 13.0 Å². The zero-order chi connectivity index (χ0) is 13.9. The van der Waals surface area contributed by atoms with E-state index < -0.39 is 24.8 Å². The van der Waals surface area contributed by atoms with Crippen LogP contribution in [-0.4, -0.2) is 29.4 Å². The van der Waals surface area contributed by atoms with Crippen LogP contribution in [0.4, 0.5) is 23.2 Å². The van der Waals surface area contributed by atoms with Crippen molar-refractivity contribution in [3.8, 4) is 0 Å². The fourth-order valence-corrected chi connectivity index (χ4v) is 1.35. The lowest BCUT2D eigenvalue weighted by Gasteiger charge is -2.16. The van der Waals surface area contributed by atoms with Gasteiger partial charge in [0.15, 0.2) is 0 Å². The molecular weight excluding hydrogens is 254 g/mol. The van der Waals surface area contributed by atoms with E-state index in [2.05, 4.69) is 0 Å². The van der Waals surface area contributed by atoms with E-state index in [1.165, 1.54) is 16.8 Å². The molecule has 0 unspecified atom stereocenters. The molecule has 0 aliphatic carbocycles. The Kier molecular flexibility index (Phi) is 4.20. The van der Waals surface area contributed by atoms with Crippen LogP contribution in [0.25, 0.3) is 0 Å². The van der Waals surface area contributed by atoms with Crippen molar-refractivity contribution in [3.05, 3.63) is 18.0 Å². The average Bonchev–Trinajstić information content (AvgIpc) is 2.67. The van der Waals surface area contributed by atoms with Crippen LogP contribution in [0, 0.1) is 0 Å². The number of aryl methyl sites for hydroxylation is 1. The number of nitrogens with one attached hydrogen (secondary N) is 1. The van der Waals surface area contributed by atoms with Crippen LogP contribution in [0.3, 0.4) is 0 Å². The van der Waals surface area contributed by atoms with Crippen molar-refractivity contribution in [1.82, 2.24) is 9.88 Å². The molecule has 0 atom stereocenters. The molecule has 1 aromatic heterocycles. The van der Waals surface area contributed by atoms with Gasteiger partial charge in [0.25, 0.3) is 5.91 Å². The Morgan fingerprint density at radius 1 is 1.56 bits per heavy atom. The van der Waals surface area contributed by atoms with Crippen molar-refractivity contribution in [3.63, 3.8) is 0 Å². The maximum atomic E-state index is 12.6. The number of halogens is 4. The molecule has 0 bridgehead atoms. The molecule has 1 aromatic rings. The molecule has 4 nitrogen and oxygen atoms in total. The third-order valence-electron chi connectivity index (χ3n) is 2.29. The number of alkyl halides is 4. The van der Waals surface area contributed by atoms with Crippen LogP contribution in [-0.2, 0) is 6.54 Å². The summed E-state index contributed by atoms with van der Waals surface area (Å²) < 4.78 is 50.4. The number of nitrogens with zero attached hydrogens (tertiary/aromatic N) is 1. The topological polar surface area (TPSA) is 60.0 Å². The summed E-state index contributed by atoms with van der Waals surface area (Å²) in [6.07, 6.45) is -2.36. The molecule has 1 heterocycles. The third-order valence-corrected chi connectivity index (χ3v) is 2.29. The highest BCUT2D eigenvalue weighted by Gasteiger charge is 2.41. The number of aromatic nitrogens is 1. The molecule has 102 valence electrons. The van der Waals surface area contributed by atoms with Gasteiger partial charge in [-0.3, -0.25) is 4.79 Å². The Morgan fingerprint density at radius 3 is 2.67 bits per heavy atom. The molecule has 0 aliphatic heterocycles. The van der Waals surface area contributed by atoms with E-state index in [9.17, 15) is 22.4 Å². The van der Waals surface area contributed by atoms with Crippen molar-refractivity contribution in [2.75, 3.05) is 12.3 Å². The number of rotatable bonds is 5. The van der Waals surface area contributed by atoms with E-state index in [1.54, 1.807) is 12.2 Å². The van der Waals surface area contributed by atoms with Gasteiger partial charge < -0.3 is 15.6 Å². The number of hydrogen-bond acceptors (Lipinski definition) is 2. The highest BCUT2D eigenvalue weighted by Crippen LogP contribution is 2.21. The summed E-state index contributed by atoms with van der Waals surface area (Å²) in [5.74, 6) is -5.11. The first-order chi connectivity index (χ1) is 8.27. The molecule has 0 aromatic carbocycles. The highest BCUT2D eigenvalue weighted by atomic mass is 19.3. The maximum Gasteiger partial charge on any atom is 0.324 e. The number of hydrogen-bond donors (Lipinski definition) is 2. The fraction of sp³-hybridized carbons (Fsp3) is 0.500. The number of carbonyl (C=O) groups is 1. The van der Waals surface area contributed by atoms with Crippen LogP contribution in [0.5, 0.6) is 0 Å². The van der Waals surface area contributed by atoms with Crippen LogP contribution in [0.2, 0.25) is 0 Å². The van der Waals surface area contributed by atoms with Gasteiger partial charge >= 0.3 is 12.3 Å². The highest BCUT2D eigenvalue weighted by molar-refractivity contribution is 5.93. The molecule has 1 rings (SSSR count). The van der Waals surface area contributed by atoms with Crippen molar-refractivity contribution >= 4 is 11.6 Å². The Labute approximate surface area is 101 Å². The second-order valence-corrected chi connectivity index (χ2v) is 3.69. The third kappa shape index (κ3) is 3.14. The zero-order valence-corrected chi connectivity index (χ0v) is 9.59. The Bertz CT molecular complexity index is 431. The van der Waals surface area contributed by atoms with Gasteiger partial charge in [0.2, 0.25) is 0 Å². The molecule has 0 spiro atoms. The Morgan fingerprint density at radius 2 is 2.17 bits per heavy atom. The van der Waals surface area contributed by atoms with E-state index in [4.69, 9.17) is 5.73 Å². The quantitative estimate of drug-likeness (QED) is 0.798. The molecule has 0 saturated carbocycles. The maximum absolute atomic E-state index is 12.6. The standard InChI is InChI=1S/C10H13F4N3O/c1-2-17-4-6(15)3-7(17)8(18)16-5-10(13,14)9(11)12/h3-4,9H,2,5,15H2,1H3,(H,16,18). The summed E-state index contributed by atoms with van der Waals surface area (Å²) in [7, 11) is 0. The van der Waals surface area contributed by atoms with E-state index in [1.807, 2.05) is 0 Å². The minimum atomic E-state index is -4.25. The van der Waals surface area contributed by atoms with Gasteiger partial charge in [0.05, 0.1) is 12.2 Å². The summed E-state index contributed by atoms with van der Waals surface area (Å²) >= 11 is 0. The summed E-state index contributed by atoms with van der Waals surface area (Å²) in [5, 5.41) is 1.76. The number of anilines is 1. The van der Waals surface area contributed by atoms with Gasteiger partial charge in [0, 0.05) is 12.7 Å². The van der Waals surface area contributed by atoms with Crippen molar-refractivity contribution in [2.24, 2.45) is 0 Å². The predicted octanol–water partition coefficient (Wildman–Crippen LogP) is 1.72. The summed E-state index contributed by atoms with van der Waals surface area (Å²) in [6, 6.07) is 1.29. The van der Waals surface area contributed by atoms with E-state index in [0.29, 0.717) is 12.2 Å².